The van der Waals surface area contributed by atoms with Gasteiger partial charge in [-0.3, -0.25) is 29.5 Å². The monoisotopic (exact) mass is 713 g/mol. The highest BCUT2D eigenvalue weighted by atomic mass is 35.5. The van der Waals surface area contributed by atoms with Crippen molar-refractivity contribution in [3.63, 3.8) is 0 Å². The van der Waals surface area contributed by atoms with Crippen LogP contribution >= 0.6 is 20.1 Å². The fraction of sp³-hybridized carbons (Fsp3) is 0.607. The van der Waals surface area contributed by atoms with Crippen LogP contribution in [0.15, 0.2) is 12.3 Å². The summed E-state index contributed by atoms with van der Waals surface area (Å²) in [6.45, 7) is 4.97. The van der Waals surface area contributed by atoms with Crippen LogP contribution in [0.3, 0.4) is 0 Å². The van der Waals surface area contributed by atoms with E-state index in [1.54, 1.807) is 0 Å². The summed E-state index contributed by atoms with van der Waals surface area (Å²) in [7, 11) is -1.89. The fourth-order valence-corrected chi connectivity index (χ4v) is 3.81. The van der Waals surface area contributed by atoms with E-state index >= 15 is 0 Å². The molecule has 0 aromatic carbocycles. The molecule has 0 aliphatic carbocycles. The standard InChI is InChI=1S/C21H32ClFN5O7P.C5H8O4.C2H6/c22-15-12-14(13-27-19(15)23)20(31)26-10-3-1-2-6-18(30)28-16(21(32)33)7-8-17(29)25-9-4-5-11-35-36(24)34;6-4(7)2-1-3-5(8)9;1-2/h12-13,16,34H,1-11,24H2,(H,25,29)(H,26,31)(H,28,30)(H,32,33);1-3H2,(H,6,7)(H,8,9);1-2H3. The molecule has 0 radical (unpaired) electrons. The van der Waals surface area contributed by atoms with Gasteiger partial charge in [-0.15, -0.1) is 0 Å². The van der Waals surface area contributed by atoms with Gasteiger partial charge in [0.1, 0.15) is 6.04 Å². The van der Waals surface area contributed by atoms with Gasteiger partial charge in [0.15, 0.2) is 0 Å². The summed E-state index contributed by atoms with van der Waals surface area (Å²) in [5.41, 5.74) is 5.22. The molecule has 1 aromatic rings. The number of carboxylic acids is 3. The van der Waals surface area contributed by atoms with Crippen molar-refractivity contribution in [1.82, 2.24) is 20.9 Å². The van der Waals surface area contributed by atoms with E-state index in [4.69, 9.17) is 36.7 Å². The van der Waals surface area contributed by atoms with Crippen LogP contribution in [0, 0.1) is 5.95 Å². The quantitative estimate of drug-likeness (QED) is 0.0488. The topological polar surface area (TPSA) is 268 Å². The summed E-state index contributed by atoms with van der Waals surface area (Å²) in [5, 5.41) is 32.8. The molecular formula is C28H46ClFN5O11P. The molecule has 3 amide bonds. The van der Waals surface area contributed by atoms with Crippen LogP contribution in [0.4, 0.5) is 4.39 Å². The Labute approximate surface area is 279 Å². The predicted octanol–water partition coefficient (Wildman–Crippen LogP) is 2.96. The predicted molar refractivity (Wildman–Crippen MR) is 171 cm³/mol. The van der Waals surface area contributed by atoms with Crippen LogP contribution < -0.4 is 21.5 Å². The van der Waals surface area contributed by atoms with Crippen molar-refractivity contribution >= 4 is 55.8 Å². The Morgan fingerprint density at radius 3 is 2.04 bits per heavy atom. The molecule has 2 unspecified atom stereocenters. The van der Waals surface area contributed by atoms with Gasteiger partial charge in [0.05, 0.1) is 17.2 Å². The van der Waals surface area contributed by atoms with E-state index in [9.17, 15) is 38.3 Å². The van der Waals surface area contributed by atoms with Gasteiger partial charge >= 0.3 is 17.9 Å². The summed E-state index contributed by atoms with van der Waals surface area (Å²) < 4.78 is 17.9. The first-order valence-electron chi connectivity index (χ1n) is 14.9. The maximum Gasteiger partial charge on any atom is 0.326 e. The number of halogens is 2. The van der Waals surface area contributed by atoms with Gasteiger partial charge in [0.2, 0.25) is 26.3 Å². The third-order valence-electron chi connectivity index (χ3n) is 5.62. The molecule has 1 aromatic heterocycles. The molecule has 16 nitrogen and oxygen atoms in total. The molecule has 9 N–H and O–H groups in total. The van der Waals surface area contributed by atoms with Crippen molar-refractivity contribution < 1.29 is 57.9 Å². The summed E-state index contributed by atoms with van der Waals surface area (Å²) in [4.78, 5) is 79.1. The van der Waals surface area contributed by atoms with Crippen molar-refractivity contribution in [1.29, 1.82) is 0 Å². The number of carbonyl (C=O) groups excluding carboxylic acids is 3. The molecule has 0 spiro atoms. The minimum atomic E-state index is -1.89. The largest absolute Gasteiger partial charge is 0.481 e. The molecule has 0 saturated carbocycles. The number of carbonyl (C=O) groups is 6. The number of nitrogens with one attached hydrogen (secondary N) is 3. The third-order valence-corrected chi connectivity index (χ3v) is 6.33. The van der Waals surface area contributed by atoms with E-state index < -0.39 is 50.2 Å². The van der Waals surface area contributed by atoms with Crippen molar-refractivity contribution in [3.05, 3.63) is 28.8 Å². The zero-order valence-electron chi connectivity index (χ0n) is 26.5. The second-order valence-electron chi connectivity index (χ2n) is 9.39. The van der Waals surface area contributed by atoms with Crippen molar-refractivity contribution in [2.75, 3.05) is 19.7 Å². The fourth-order valence-electron chi connectivity index (χ4n) is 3.33. The summed E-state index contributed by atoms with van der Waals surface area (Å²) in [6.07, 6.45) is 4.01. The number of nitrogens with zero attached hydrogens (tertiary/aromatic N) is 1. The van der Waals surface area contributed by atoms with Crippen LogP contribution in [-0.4, -0.2) is 86.6 Å². The van der Waals surface area contributed by atoms with Gasteiger partial charge in [0.25, 0.3) is 5.91 Å². The number of pyridine rings is 1. The average molecular weight is 714 g/mol. The highest BCUT2D eigenvalue weighted by molar-refractivity contribution is 7.43. The molecule has 0 bridgehead atoms. The van der Waals surface area contributed by atoms with E-state index in [2.05, 4.69) is 20.9 Å². The Kier molecular flexibility index (Phi) is 27.9. The van der Waals surface area contributed by atoms with Crippen molar-refractivity contribution in [2.24, 2.45) is 5.50 Å². The lowest BCUT2D eigenvalue weighted by Crippen LogP contribution is -2.41. The Balaban J connectivity index is 0. The van der Waals surface area contributed by atoms with Crippen LogP contribution in [-0.2, 0) is 28.5 Å². The number of rotatable bonds is 22. The second-order valence-corrected chi connectivity index (χ2v) is 10.7. The number of amides is 3. The van der Waals surface area contributed by atoms with Gasteiger partial charge in [-0.25, -0.2) is 9.78 Å². The van der Waals surface area contributed by atoms with Crippen LogP contribution in [0.1, 0.15) is 94.8 Å². The van der Waals surface area contributed by atoms with Gasteiger partial charge < -0.3 is 40.7 Å². The molecule has 0 fully saturated rings. The summed E-state index contributed by atoms with van der Waals surface area (Å²) in [5.74, 6) is -5.20. The highest BCUT2D eigenvalue weighted by Gasteiger charge is 2.20. The summed E-state index contributed by atoms with van der Waals surface area (Å²) in [6, 6.07) is -0.00000301. The molecule has 1 rings (SSSR count). The molecule has 47 heavy (non-hydrogen) atoms. The molecule has 19 heteroatoms. The summed E-state index contributed by atoms with van der Waals surface area (Å²) >= 11 is 5.60. The normalized spacial score (nSPS) is 11.4. The van der Waals surface area contributed by atoms with Crippen LogP contribution in [0.25, 0.3) is 0 Å². The average Bonchev–Trinajstić information content (AvgIpc) is 3.00. The smallest absolute Gasteiger partial charge is 0.326 e. The number of aliphatic carboxylic acids is 3. The molecule has 2 atom stereocenters. The Bertz CT molecular complexity index is 1100. The second kappa shape index (κ2) is 28.7. The molecule has 0 aliphatic heterocycles. The van der Waals surface area contributed by atoms with E-state index in [0.29, 0.717) is 45.2 Å². The molecule has 1 heterocycles. The van der Waals surface area contributed by atoms with E-state index in [0.717, 1.165) is 6.20 Å². The molecule has 268 valence electrons. The molecular weight excluding hydrogens is 668 g/mol. The first kappa shape index (κ1) is 45.6. The van der Waals surface area contributed by atoms with Crippen molar-refractivity contribution in [3.8, 4) is 0 Å². The minimum absolute atomic E-state index is 0.0493. The number of nitrogens with two attached hydrogens (primary N) is 1. The minimum Gasteiger partial charge on any atom is -0.481 e. The lowest BCUT2D eigenvalue weighted by Gasteiger charge is -2.14. The van der Waals surface area contributed by atoms with Gasteiger partial charge in [-0.2, -0.15) is 4.39 Å². The Hall–Kier alpha value is -3.50. The first-order chi connectivity index (χ1) is 22.2. The number of hydrogen-bond donors (Lipinski definition) is 8. The lowest BCUT2D eigenvalue weighted by atomic mass is 10.1. The van der Waals surface area contributed by atoms with E-state index in [1.807, 2.05) is 13.8 Å². The van der Waals surface area contributed by atoms with Crippen molar-refractivity contribution in [2.45, 2.75) is 90.5 Å². The zero-order chi connectivity index (χ0) is 36.2. The Morgan fingerprint density at radius 2 is 1.49 bits per heavy atom. The first-order valence-corrected chi connectivity index (χ1v) is 16.6. The number of carboxylic acid groups (broad SMARTS) is 3. The zero-order valence-corrected chi connectivity index (χ0v) is 28.2. The van der Waals surface area contributed by atoms with E-state index in [1.165, 1.54) is 6.07 Å². The Morgan fingerprint density at radius 1 is 0.894 bits per heavy atom. The maximum absolute atomic E-state index is 13.0. The van der Waals surface area contributed by atoms with Gasteiger partial charge in [0, 0.05) is 45.0 Å². The molecule has 0 saturated heterocycles. The van der Waals surface area contributed by atoms with Gasteiger partial charge in [-0.05, 0) is 44.6 Å². The van der Waals surface area contributed by atoms with E-state index in [-0.39, 0.29) is 61.6 Å². The SMILES string of the molecule is CC.NP(O)OCCCCNC(=O)CCC(NC(=O)CCCCCNC(=O)c1cnc(F)c(Cl)c1)C(=O)O.O=C(O)CCCC(=O)O. The lowest BCUT2D eigenvalue weighted by molar-refractivity contribution is -0.142. The maximum atomic E-state index is 13.0. The number of aromatic nitrogens is 1. The number of unbranched alkanes of at least 4 members (excludes halogenated alkanes) is 3. The van der Waals surface area contributed by atoms with Crippen LogP contribution in [0.5, 0.6) is 0 Å². The molecule has 0 aliphatic rings. The number of hydrogen-bond acceptors (Lipinski definition) is 10. The van der Waals surface area contributed by atoms with Crippen LogP contribution in [0.2, 0.25) is 5.02 Å². The van der Waals surface area contributed by atoms with Gasteiger partial charge in [-0.1, -0.05) is 31.9 Å². The third kappa shape index (κ3) is 27.3. The highest BCUT2D eigenvalue weighted by Crippen LogP contribution is 2.19.